The summed E-state index contributed by atoms with van der Waals surface area (Å²) in [4.78, 5) is 8.38. The van der Waals surface area contributed by atoms with Crippen molar-refractivity contribution in [3.8, 4) is 11.8 Å². The second-order valence-corrected chi connectivity index (χ2v) is 3.70. The summed E-state index contributed by atoms with van der Waals surface area (Å²) in [5.41, 5.74) is 0. The van der Waals surface area contributed by atoms with Gasteiger partial charge in [0.1, 0.15) is 5.82 Å². The third-order valence-corrected chi connectivity index (χ3v) is 2.45. The van der Waals surface area contributed by atoms with Crippen molar-refractivity contribution in [3.63, 3.8) is 0 Å². The molecule has 0 aliphatic rings. The van der Waals surface area contributed by atoms with Gasteiger partial charge in [0.2, 0.25) is 11.8 Å². The van der Waals surface area contributed by atoms with E-state index in [1.54, 1.807) is 20.3 Å². The Balaban J connectivity index is 2.86. The van der Waals surface area contributed by atoms with Crippen LogP contribution in [0.3, 0.4) is 0 Å². The molecule has 0 saturated heterocycles. The lowest BCUT2D eigenvalue weighted by molar-refractivity contribution is 0.368. The molecule has 0 bridgehead atoms. The van der Waals surface area contributed by atoms with E-state index >= 15 is 0 Å². The third kappa shape index (κ3) is 3.55. The Morgan fingerprint density at radius 3 is 2.20 bits per heavy atom. The number of rotatable bonds is 5. The first kappa shape index (κ1) is 12.0. The zero-order chi connectivity index (χ0) is 11.3. The maximum absolute atomic E-state index is 6.03. The molecule has 0 spiro atoms. The summed E-state index contributed by atoms with van der Waals surface area (Å²) in [6.45, 7) is 2.02. The van der Waals surface area contributed by atoms with Gasteiger partial charge in [0, 0.05) is 11.8 Å². The number of alkyl halides is 1. The Bertz CT molecular complexity index is 298. The van der Waals surface area contributed by atoms with Gasteiger partial charge < -0.3 is 9.47 Å². The van der Waals surface area contributed by atoms with E-state index in [1.807, 2.05) is 6.92 Å². The molecule has 0 fully saturated rings. The highest BCUT2D eigenvalue weighted by Crippen LogP contribution is 2.17. The van der Waals surface area contributed by atoms with E-state index in [2.05, 4.69) is 9.97 Å². The van der Waals surface area contributed by atoms with Crippen LogP contribution in [0.1, 0.15) is 19.2 Å². The molecular weight excluding hydrogens is 216 g/mol. The van der Waals surface area contributed by atoms with Gasteiger partial charge in [0.25, 0.3) is 0 Å². The van der Waals surface area contributed by atoms with Crippen molar-refractivity contribution >= 4 is 11.6 Å². The number of ether oxygens (including phenoxy) is 2. The smallest absolute Gasteiger partial charge is 0.220 e. The van der Waals surface area contributed by atoms with Gasteiger partial charge in [0.05, 0.1) is 20.3 Å². The van der Waals surface area contributed by atoms with Crippen molar-refractivity contribution in [3.05, 3.63) is 11.9 Å². The Morgan fingerprint density at radius 1 is 1.27 bits per heavy atom. The molecule has 1 unspecified atom stereocenters. The lowest BCUT2D eigenvalue weighted by atomic mass is 10.2. The second kappa shape index (κ2) is 5.75. The van der Waals surface area contributed by atoms with Crippen LogP contribution in [-0.2, 0) is 6.42 Å². The molecule has 0 radical (unpaired) electrons. The first-order valence-electron chi connectivity index (χ1n) is 4.79. The Kier molecular flexibility index (Phi) is 4.62. The van der Waals surface area contributed by atoms with Gasteiger partial charge >= 0.3 is 0 Å². The van der Waals surface area contributed by atoms with E-state index in [1.165, 1.54) is 0 Å². The van der Waals surface area contributed by atoms with Crippen molar-refractivity contribution in [2.45, 2.75) is 25.1 Å². The standard InChI is InChI=1S/C10H15ClN2O2/c1-4-7(11)5-8-12-9(14-2)6-10(13-8)15-3/h6-7H,4-5H2,1-3H3. The molecule has 0 aliphatic carbocycles. The molecule has 1 rings (SSSR count). The van der Waals surface area contributed by atoms with E-state index in [0.717, 1.165) is 6.42 Å². The minimum atomic E-state index is 0.0433. The molecule has 0 amide bonds. The highest BCUT2D eigenvalue weighted by atomic mass is 35.5. The maximum Gasteiger partial charge on any atom is 0.220 e. The van der Waals surface area contributed by atoms with E-state index in [9.17, 15) is 0 Å². The zero-order valence-electron chi connectivity index (χ0n) is 9.16. The third-order valence-electron chi connectivity index (χ3n) is 1.99. The van der Waals surface area contributed by atoms with Gasteiger partial charge in [-0.15, -0.1) is 11.6 Å². The Labute approximate surface area is 94.6 Å². The summed E-state index contributed by atoms with van der Waals surface area (Å²) in [6, 6.07) is 1.64. The van der Waals surface area contributed by atoms with Crippen LogP contribution in [0.5, 0.6) is 11.8 Å². The fourth-order valence-corrected chi connectivity index (χ4v) is 1.23. The van der Waals surface area contributed by atoms with Crippen molar-refractivity contribution in [1.29, 1.82) is 0 Å². The van der Waals surface area contributed by atoms with Crippen molar-refractivity contribution in [2.24, 2.45) is 0 Å². The van der Waals surface area contributed by atoms with Crippen molar-refractivity contribution in [1.82, 2.24) is 9.97 Å². The zero-order valence-corrected chi connectivity index (χ0v) is 9.91. The summed E-state index contributed by atoms with van der Waals surface area (Å²) in [5, 5.41) is 0.0433. The fourth-order valence-electron chi connectivity index (χ4n) is 1.09. The molecule has 84 valence electrons. The van der Waals surface area contributed by atoms with Gasteiger partial charge in [0.15, 0.2) is 0 Å². The topological polar surface area (TPSA) is 44.2 Å². The first-order valence-corrected chi connectivity index (χ1v) is 5.23. The van der Waals surface area contributed by atoms with E-state index in [-0.39, 0.29) is 5.38 Å². The SMILES string of the molecule is CCC(Cl)Cc1nc(OC)cc(OC)n1. The number of aromatic nitrogens is 2. The molecule has 15 heavy (non-hydrogen) atoms. The molecule has 0 N–H and O–H groups in total. The normalized spacial score (nSPS) is 12.3. The molecule has 4 nitrogen and oxygen atoms in total. The number of methoxy groups -OCH3 is 2. The highest BCUT2D eigenvalue weighted by Gasteiger charge is 2.09. The lowest BCUT2D eigenvalue weighted by Gasteiger charge is -2.08. The fraction of sp³-hybridized carbons (Fsp3) is 0.600. The van der Waals surface area contributed by atoms with Crippen molar-refractivity contribution in [2.75, 3.05) is 14.2 Å². The summed E-state index contributed by atoms with van der Waals surface area (Å²) in [7, 11) is 3.12. The van der Waals surface area contributed by atoms with Crippen LogP contribution in [0.2, 0.25) is 0 Å². The van der Waals surface area contributed by atoms with Gasteiger partial charge in [-0.1, -0.05) is 6.92 Å². The summed E-state index contributed by atoms with van der Waals surface area (Å²) < 4.78 is 10.1. The predicted octanol–water partition coefficient (Wildman–Crippen LogP) is 2.05. The molecular formula is C10H15ClN2O2. The second-order valence-electron chi connectivity index (χ2n) is 3.08. The molecule has 0 aliphatic heterocycles. The maximum atomic E-state index is 6.03. The first-order chi connectivity index (χ1) is 7.19. The van der Waals surface area contributed by atoms with Crippen LogP contribution in [0, 0.1) is 0 Å². The van der Waals surface area contributed by atoms with Crippen LogP contribution in [-0.4, -0.2) is 29.6 Å². The molecule has 0 aromatic carbocycles. The molecule has 1 heterocycles. The molecule has 5 heteroatoms. The van der Waals surface area contributed by atoms with Crippen LogP contribution in [0.15, 0.2) is 6.07 Å². The van der Waals surface area contributed by atoms with Gasteiger partial charge in [-0.3, -0.25) is 0 Å². The molecule has 0 saturated carbocycles. The van der Waals surface area contributed by atoms with Crippen LogP contribution >= 0.6 is 11.6 Å². The van der Waals surface area contributed by atoms with Gasteiger partial charge in [-0.25, -0.2) is 0 Å². The Morgan fingerprint density at radius 2 is 1.80 bits per heavy atom. The van der Waals surface area contributed by atoms with E-state index < -0.39 is 0 Å². The molecule has 1 aromatic heterocycles. The number of hydrogen-bond acceptors (Lipinski definition) is 4. The number of hydrogen-bond donors (Lipinski definition) is 0. The lowest BCUT2D eigenvalue weighted by Crippen LogP contribution is -2.07. The van der Waals surface area contributed by atoms with Crippen molar-refractivity contribution < 1.29 is 9.47 Å². The van der Waals surface area contributed by atoms with Crippen LogP contribution < -0.4 is 9.47 Å². The average molecular weight is 231 g/mol. The number of halogens is 1. The summed E-state index contributed by atoms with van der Waals surface area (Å²) >= 11 is 6.03. The van der Waals surface area contributed by atoms with Crippen LogP contribution in [0.25, 0.3) is 0 Å². The minimum Gasteiger partial charge on any atom is -0.481 e. The largest absolute Gasteiger partial charge is 0.481 e. The van der Waals surface area contributed by atoms with Gasteiger partial charge in [-0.05, 0) is 6.42 Å². The predicted molar refractivity (Wildman–Crippen MR) is 58.8 cm³/mol. The summed E-state index contributed by atoms with van der Waals surface area (Å²) in [6.07, 6.45) is 1.50. The average Bonchev–Trinajstić information content (AvgIpc) is 2.28. The van der Waals surface area contributed by atoms with Crippen LogP contribution in [0.4, 0.5) is 0 Å². The van der Waals surface area contributed by atoms with E-state index in [4.69, 9.17) is 21.1 Å². The summed E-state index contributed by atoms with van der Waals surface area (Å²) in [5.74, 6) is 1.64. The van der Waals surface area contributed by atoms with E-state index in [0.29, 0.717) is 24.0 Å². The molecule has 1 atom stereocenters. The number of nitrogens with zero attached hydrogens (tertiary/aromatic N) is 2. The Hall–Kier alpha value is -1.03. The monoisotopic (exact) mass is 230 g/mol. The minimum absolute atomic E-state index is 0.0433. The highest BCUT2D eigenvalue weighted by molar-refractivity contribution is 6.20. The van der Waals surface area contributed by atoms with Gasteiger partial charge in [-0.2, -0.15) is 9.97 Å². The molecule has 1 aromatic rings. The quantitative estimate of drug-likeness (QED) is 0.727.